The summed E-state index contributed by atoms with van der Waals surface area (Å²) in [5, 5.41) is 2.91. The smallest absolute Gasteiger partial charge is 0.417 e. The third-order valence-corrected chi connectivity index (χ3v) is 5.34. The lowest BCUT2D eigenvalue weighted by atomic mass is 10.2. The number of hydrogen-bond donors (Lipinski definition) is 1. The van der Waals surface area contributed by atoms with E-state index in [0.717, 1.165) is 29.0 Å². The molecule has 0 saturated carbocycles. The highest BCUT2D eigenvalue weighted by Crippen LogP contribution is 2.28. The first-order chi connectivity index (χ1) is 17.8. The summed E-state index contributed by atoms with van der Waals surface area (Å²) < 4.78 is 54.7. The molecule has 0 bridgehead atoms. The van der Waals surface area contributed by atoms with Crippen molar-refractivity contribution >= 4 is 34.8 Å². The zero-order valence-corrected chi connectivity index (χ0v) is 20.5. The van der Waals surface area contributed by atoms with Gasteiger partial charge in [-0.15, -0.1) is 0 Å². The number of anilines is 2. The molecule has 37 heavy (non-hydrogen) atoms. The molecule has 4 rings (SSSR count). The van der Waals surface area contributed by atoms with Crippen LogP contribution in [0.2, 0.25) is 0 Å². The molecule has 0 radical (unpaired) electrons. The number of alkyl halides is 3. The third kappa shape index (κ3) is 7.47. The maximum absolute atomic E-state index is 12.6. The van der Waals surface area contributed by atoms with Crippen molar-refractivity contribution in [1.29, 1.82) is 0 Å². The number of pyridine rings is 1. The fourth-order valence-electron chi connectivity index (χ4n) is 3.37. The van der Waals surface area contributed by atoms with E-state index in [-0.39, 0.29) is 0 Å². The molecule has 0 atom stereocenters. The van der Waals surface area contributed by atoms with Gasteiger partial charge in [0.2, 0.25) is 5.89 Å². The van der Waals surface area contributed by atoms with E-state index in [9.17, 15) is 13.2 Å². The van der Waals surface area contributed by atoms with Crippen molar-refractivity contribution in [3.8, 4) is 5.75 Å². The minimum Gasteiger partial charge on any atom is -0.491 e. The van der Waals surface area contributed by atoms with E-state index in [1.165, 1.54) is 6.07 Å². The zero-order valence-electron chi connectivity index (χ0n) is 20.5. The Labute approximate surface area is 212 Å². The van der Waals surface area contributed by atoms with Crippen LogP contribution >= 0.6 is 0 Å². The average molecular weight is 513 g/mol. The zero-order chi connectivity index (χ0) is 26.3. The molecule has 0 spiro atoms. The van der Waals surface area contributed by atoms with Crippen LogP contribution in [0, 0.1) is 0 Å². The van der Waals surface area contributed by atoms with Gasteiger partial charge in [0.25, 0.3) is 0 Å². The van der Waals surface area contributed by atoms with E-state index in [1.807, 2.05) is 67.5 Å². The Morgan fingerprint density at radius 1 is 0.973 bits per heavy atom. The maximum Gasteiger partial charge on any atom is 0.417 e. The molecule has 4 aromatic rings. The van der Waals surface area contributed by atoms with Crippen molar-refractivity contribution in [2.24, 2.45) is 0 Å². The Morgan fingerprint density at radius 3 is 2.49 bits per heavy atom. The second-order valence-corrected chi connectivity index (χ2v) is 8.32. The molecular formula is C27H27F3N4O3. The van der Waals surface area contributed by atoms with E-state index in [1.54, 1.807) is 6.07 Å². The molecular weight excluding hydrogens is 485 g/mol. The van der Waals surface area contributed by atoms with Gasteiger partial charge < -0.3 is 24.1 Å². The van der Waals surface area contributed by atoms with Gasteiger partial charge in [-0.2, -0.15) is 13.2 Å². The van der Waals surface area contributed by atoms with E-state index < -0.39 is 11.7 Å². The van der Waals surface area contributed by atoms with Crippen molar-refractivity contribution in [3.05, 3.63) is 77.8 Å². The minimum atomic E-state index is -4.40. The quantitative estimate of drug-likeness (QED) is 0.248. The van der Waals surface area contributed by atoms with E-state index in [0.29, 0.717) is 49.4 Å². The predicted octanol–water partition coefficient (Wildman–Crippen LogP) is 5.99. The fourth-order valence-corrected chi connectivity index (χ4v) is 3.37. The maximum atomic E-state index is 12.6. The standard InChI is InChI=1S/C27H27F3N4O3/c1-34(2)21-7-3-19(4-8-21)5-12-26-33-23-10-9-22(17-24(23)37-26)36-16-15-35-14-13-31-25-11-6-20(18-32-25)27(28,29)30/h3-12,17-18H,13-16H2,1-2H3,(H,31,32)/b12-5+. The Hall–Kier alpha value is -4.05. The highest BCUT2D eigenvalue weighted by atomic mass is 19.4. The number of oxazole rings is 1. The van der Waals surface area contributed by atoms with E-state index in [2.05, 4.69) is 15.3 Å². The van der Waals surface area contributed by atoms with Crippen LogP contribution < -0.4 is 15.0 Å². The number of benzene rings is 2. The van der Waals surface area contributed by atoms with E-state index >= 15 is 0 Å². The number of nitrogens with one attached hydrogen (secondary N) is 1. The second kappa shape index (κ2) is 11.8. The Bertz CT molecular complexity index is 1320. The average Bonchev–Trinajstić information content (AvgIpc) is 3.29. The van der Waals surface area contributed by atoms with Crippen molar-refractivity contribution in [2.45, 2.75) is 6.18 Å². The summed E-state index contributed by atoms with van der Waals surface area (Å²) in [4.78, 5) is 10.3. The van der Waals surface area contributed by atoms with Crippen LogP contribution in [0.15, 0.2) is 65.2 Å². The normalized spacial score (nSPS) is 11.8. The summed E-state index contributed by atoms with van der Waals surface area (Å²) in [5.41, 5.74) is 2.74. The number of aromatic nitrogens is 2. The summed E-state index contributed by atoms with van der Waals surface area (Å²) in [6.07, 6.45) is 0.172. The molecule has 0 unspecified atom stereocenters. The van der Waals surface area contributed by atoms with Crippen molar-refractivity contribution in [2.75, 3.05) is 50.7 Å². The molecule has 7 nitrogen and oxygen atoms in total. The largest absolute Gasteiger partial charge is 0.491 e. The highest BCUT2D eigenvalue weighted by molar-refractivity contribution is 5.77. The van der Waals surface area contributed by atoms with Gasteiger partial charge in [0.15, 0.2) is 5.58 Å². The van der Waals surface area contributed by atoms with E-state index in [4.69, 9.17) is 13.9 Å². The number of halogens is 3. The lowest BCUT2D eigenvalue weighted by Crippen LogP contribution is -2.14. The molecule has 0 fully saturated rings. The minimum absolute atomic E-state index is 0.327. The lowest BCUT2D eigenvalue weighted by Gasteiger charge is -2.11. The molecule has 0 amide bonds. The summed E-state index contributed by atoms with van der Waals surface area (Å²) in [7, 11) is 4.00. The van der Waals surface area contributed by atoms with Gasteiger partial charge in [-0.05, 0) is 48.0 Å². The van der Waals surface area contributed by atoms with Gasteiger partial charge in [-0.25, -0.2) is 9.97 Å². The SMILES string of the molecule is CN(C)c1ccc(/C=C/c2nc3ccc(OCCOCCNc4ccc(C(F)(F)F)cn4)cc3o2)cc1. The number of rotatable bonds is 11. The van der Waals surface area contributed by atoms with Crippen LogP contribution in [0.5, 0.6) is 5.75 Å². The summed E-state index contributed by atoms with van der Waals surface area (Å²) in [5.74, 6) is 1.49. The molecule has 2 aromatic carbocycles. The first-order valence-electron chi connectivity index (χ1n) is 11.6. The van der Waals surface area contributed by atoms with Crippen LogP contribution in [0.4, 0.5) is 24.7 Å². The van der Waals surface area contributed by atoms with Gasteiger partial charge in [-0.3, -0.25) is 0 Å². The monoisotopic (exact) mass is 512 g/mol. The molecule has 0 saturated heterocycles. The first kappa shape index (κ1) is 26.0. The molecule has 0 aliphatic heterocycles. The molecule has 1 N–H and O–H groups in total. The summed E-state index contributed by atoms with van der Waals surface area (Å²) in [6.45, 7) is 1.42. The van der Waals surface area contributed by atoms with Gasteiger partial charge in [0, 0.05) is 44.7 Å². The van der Waals surface area contributed by atoms with Gasteiger partial charge in [0.1, 0.15) is 23.7 Å². The summed E-state index contributed by atoms with van der Waals surface area (Å²) >= 11 is 0. The Balaban J connectivity index is 1.18. The lowest BCUT2D eigenvalue weighted by molar-refractivity contribution is -0.137. The molecule has 0 aliphatic rings. The predicted molar refractivity (Wildman–Crippen MR) is 138 cm³/mol. The Kier molecular flexibility index (Phi) is 8.29. The fraction of sp³-hybridized carbons (Fsp3) is 0.259. The third-order valence-electron chi connectivity index (χ3n) is 5.34. The molecule has 194 valence electrons. The molecule has 2 aromatic heterocycles. The van der Waals surface area contributed by atoms with Crippen LogP contribution in [-0.2, 0) is 10.9 Å². The first-order valence-corrected chi connectivity index (χ1v) is 11.6. The molecule has 0 aliphatic carbocycles. The second-order valence-electron chi connectivity index (χ2n) is 8.32. The molecule has 2 heterocycles. The number of hydrogen-bond acceptors (Lipinski definition) is 7. The van der Waals surface area contributed by atoms with Crippen LogP contribution in [-0.4, -0.2) is 50.4 Å². The van der Waals surface area contributed by atoms with Crippen molar-refractivity contribution in [1.82, 2.24) is 9.97 Å². The van der Waals surface area contributed by atoms with Crippen molar-refractivity contribution in [3.63, 3.8) is 0 Å². The Morgan fingerprint density at radius 2 is 1.78 bits per heavy atom. The van der Waals surface area contributed by atoms with Crippen LogP contribution in [0.3, 0.4) is 0 Å². The van der Waals surface area contributed by atoms with Crippen LogP contribution in [0.1, 0.15) is 17.0 Å². The van der Waals surface area contributed by atoms with Crippen LogP contribution in [0.25, 0.3) is 23.3 Å². The number of nitrogens with zero attached hydrogens (tertiary/aromatic N) is 3. The van der Waals surface area contributed by atoms with Crippen molar-refractivity contribution < 1.29 is 27.1 Å². The topological polar surface area (TPSA) is 72.7 Å². The highest BCUT2D eigenvalue weighted by Gasteiger charge is 2.30. The summed E-state index contributed by atoms with van der Waals surface area (Å²) in [6, 6.07) is 15.9. The van der Waals surface area contributed by atoms with Gasteiger partial charge in [-0.1, -0.05) is 12.1 Å². The van der Waals surface area contributed by atoms with Gasteiger partial charge in [0.05, 0.1) is 18.8 Å². The number of fused-ring (bicyclic) bond motifs is 1. The van der Waals surface area contributed by atoms with Gasteiger partial charge >= 0.3 is 6.18 Å². The number of ether oxygens (including phenoxy) is 2. The molecule has 10 heteroatoms.